The molecule has 1 aromatic rings. The Morgan fingerprint density at radius 2 is 2.47 bits per heavy atom. The minimum atomic E-state index is -1.03. The summed E-state index contributed by atoms with van der Waals surface area (Å²) in [6, 6.07) is 0.981. The van der Waals surface area contributed by atoms with Crippen LogP contribution in [-0.4, -0.2) is 28.6 Å². The minimum Gasteiger partial charge on any atom is -0.476 e. The van der Waals surface area contributed by atoms with Crippen molar-refractivity contribution in [2.45, 2.75) is 25.3 Å². The molecule has 2 heterocycles. The summed E-state index contributed by atoms with van der Waals surface area (Å²) in [4.78, 5) is 16.7. The molecule has 80 valence electrons. The van der Waals surface area contributed by atoms with Crippen molar-refractivity contribution in [3.8, 4) is 0 Å². The van der Waals surface area contributed by atoms with Crippen LogP contribution in [0, 0.1) is 5.92 Å². The van der Waals surface area contributed by atoms with E-state index in [1.165, 1.54) is 25.5 Å². The molecule has 2 aliphatic rings. The predicted molar refractivity (Wildman–Crippen MR) is 51.9 cm³/mol. The molecule has 3 rings (SSSR count). The van der Waals surface area contributed by atoms with Crippen LogP contribution in [0.1, 0.15) is 29.8 Å². The van der Waals surface area contributed by atoms with Gasteiger partial charge in [0.25, 0.3) is 6.01 Å². The highest BCUT2D eigenvalue weighted by Gasteiger charge is 2.39. The topological polar surface area (TPSA) is 66.6 Å². The van der Waals surface area contributed by atoms with E-state index in [1.54, 1.807) is 0 Å². The molecule has 1 aliphatic heterocycles. The third-order valence-electron chi connectivity index (χ3n) is 3.37. The molecule has 1 aliphatic carbocycles. The number of carbonyl (C=O) groups is 1. The number of oxazole rings is 1. The molecule has 5 heteroatoms. The van der Waals surface area contributed by atoms with Crippen LogP contribution < -0.4 is 4.90 Å². The first-order chi connectivity index (χ1) is 7.24. The molecule has 0 spiro atoms. The largest absolute Gasteiger partial charge is 0.476 e. The Balaban J connectivity index is 1.84. The van der Waals surface area contributed by atoms with E-state index in [1.807, 2.05) is 0 Å². The number of hydrogen-bond acceptors (Lipinski definition) is 4. The Kier molecular flexibility index (Phi) is 1.74. The molecule has 0 amide bonds. The molecule has 2 bridgehead atoms. The number of carboxylic acids is 1. The first-order valence-electron chi connectivity index (χ1n) is 5.19. The highest BCUT2D eigenvalue weighted by Crippen LogP contribution is 2.39. The van der Waals surface area contributed by atoms with Crippen LogP contribution in [0.15, 0.2) is 10.7 Å². The van der Waals surface area contributed by atoms with Gasteiger partial charge in [-0.2, -0.15) is 4.98 Å². The Hall–Kier alpha value is -1.52. The van der Waals surface area contributed by atoms with E-state index < -0.39 is 5.97 Å². The molecule has 1 saturated heterocycles. The van der Waals surface area contributed by atoms with Gasteiger partial charge in [0.1, 0.15) is 6.26 Å². The zero-order valence-corrected chi connectivity index (χ0v) is 8.22. The van der Waals surface area contributed by atoms with Gasteiger partial charge in [-0.1, -0.05) is 0 Å². The summed E-state index contributed by atoms with van der Waals surface area (Å²) in [6.07, 6.45) is 4.87. The van der Waals surface area contributed by atoms with Crippen molar-refractivity contribution < 1.29 is 14.3 Å². The summed E-state index contributed by atoms with van der Waals surface area (Å²) >= 11 is 0. The number of rotatable bonds is 2. The van der Waals surface area contributed by atoms with Gasteiger partial charge < -0.3 is 14.4 Å². The quantitative estimate of drug-likeness (QED) is 0.794. The number of aromatic carboxylic acids is 1. The molecule has 0 radical (unpaired) electrons. The number of carboxylic acid groups (broad SMARTS) is 1. The van der Waals surface area contributed by atoms with Crippen molar-refractivity contribution in [3.05, 3.63) is 12.0 Å². The molecule has 1 aromatic heterocycles. The maximum atomic E-state index is 10.6. The van der Waals surface area contributed by atoms with Crippen LogP contribution in [0.5, 0.6) is 0 Å². The van der Waals surface area contributed by atoms with Gasteiger partial charge >= 0.3 is 5.97 Å². The Morgan fingerprint density at radius 1 is 1.60 bits per heavy atom. The maximum Gasteiger partial charge on any atom is 0.357 e. The van der Waals surface area contributed by atoms with Crippen LogP contribution in [0.4, 0.5) is 6.01 Å². The fraction of sp³-hybridized carbons (Fsp3) is 0.600. The van der Waals surface area contributed by atoms with E-state index >= 15 is 0 Å². The minimum absolute atomic E-state index is 0.00669. The molecule has 2 unspecified atom stereocenters. The van der Waals surface area contributed by atoms with Gasteiger partial charge in [0.2, 0.25) is 0 Å². The average molecular weight is 208 g/mol. The smallest absolute Gasteiger partial charge is 0.357 e. The van der Waals surface area contributed by atoms with Crippen molar-refractivity contribution in [1.29, 1.82) is 0 Å². The van der Waals surface area contributed by atoms with E-state index in [4.69, 9.17) is 9.52 Å². The lowest BCUT2D eigenvalue weighted by Gasteiger charge is -2.24. The van der Waals surface area contributed by atoms with Crippen molar-refractivity contribution in [2.24, 2.45) is 5.92 Å². The lowest BCUT2D eigenvalue weighted by Crippen LogP contribution is -2.32. The van der Waals surface area contributed by atoms with Crippen LogP contribution in [-0.2, 0) is 0 Å². The van der Waals surface area contributed by atoms with Gasteiger partial charge in [-0.3, -0.25) is 0 Å². The summed E-state index contributed by atoms with van der Waals surface area (Å²) in [6.45, 7) is 0.963. The fourth-order valence-electron chi connectivity index (χ4n) is 2.65. The van der Waals surface area contributed by atoms with E-state index in [9.17, 15) is 4.79 Å². The lowest BCUT2D eigenvalue weighted by atomic mass is 10.1. The SMILES string of the molecule is O=C(O)c1coc(N2CC3CCC2C3)n1. The molecule has 1 saturated carbocycles. The normalized spacial score (nSPS) is 28.7. The molecular weight excluding hydrogens is 196 g/mol. The number of aromatic nitrogens is 1. The van der Waals surface area contributed by atoms with Crippen molar-refractivity contribution in [2.75, 3.05) is 11.4 Å². The van der Waals surface area contributed by atoms with E-state index in [0.29, 0.717) is 12.1 Å². The third kappa shape index (κ3) is 1.30. The van der Waals surface area contributed by atoms with E-state index in [-0.39, 0.29) is 5.69 Å². The van der Waals surface area contributed by atoms with Crippen LogP contribution in [0.25, 0.3) is 0 Å². The summed E-state index contributed by atoms with van der Waals surface area (Å²) in [5.41, 5.74) is -0.00669. The predicted octanol–water partition coefficient (Wildman–Crippen LogP) is 1.36. The van der Waals surface area contributed by atoms with Gasteiger partial charge in [-0.15, -0.1) is 0 Å². The second-order valence-corrected chi connectivity index (χ2v) is 4.31. The second kappa shape index (κ2) is 2.98. The van der Waals surface area contributed by atoms with Crippen molar-refractivity contribution in [1.82, 2.24) is 4.98 Å². The number of nitrogens with zero attached hydrogens (tertiary/aromatic N) is 2. The number of hydrogen-bond donors (Lipinski definition) is 1. The summed E-state index contributed by atoms with van der Waals surface area (Å²) in [7, 11) is 0. The van der Waals surface area contributed by atoms with Gasteiger partial charge in [-0.25, -0.2) is 4.79 Å². The molecule has 2 fully saturated rings. The van der Waals surface area contributed by atoms with Gasteiger partial charge in [0, 0.05) is 12.6 Å². The summed E-state index contributed by atoms with van der Waals surface area (Å²) in [5.74, 6) is -0.287. The number of piperidine rings is 1. The summed E-state index contributed by atoms with van der Waals surface area (Å²) < 4.78 is 5.20. The standard InChI is InChI=1S/C10H12N2O3/c13-9(14)8-5-15-10(11-8)12-4-6-1-2-7(12)3-6/h5-7H,1-4H2,(H,13,14). The fourth-order valence-corrected chi connectivity index (χ4v) is 2.65. The highest BCUT2D eigenvalue weighted by molar-refractivity contribution is 5.85. The Bertz CT molecular complexity index is 401. The Morgan fingerprint density at radius 3 is 3.00 bits per heavy atom. The molecular formula is C10H12N2O3. The Labute approximate surface area is 86.7 Å². The molecule has 5 nitrogen and oxygen atoms in total. The average Bonchev–Trinajstić information content (AvgIpc) is 2.93. The van der Waals surface area contributed by atoms with Crippen molar-refractivity contribution >= 4 is 12.0 Å². The van der Waals surface area contributed by atoms with Crippen LogP contribution in [0.2, 0.25) is 0 Å². The first kappa shape index (κ1) is 8.76. The molecule has 2 atom stereocenters. The molecule has 1 N–H and O–H groups in total. The zero-order chi connectivity index (χ0) is 10.4. The monoisotopic (exact) mass is 208 g/mol. The van der Waals surface area contributed by atoms with Crippen LogP contribution in [0.3, 0.4) is 0 Å². The maximum absolute atomic E-state index is 10.6. The van der Waals surface area contributed by atoms with E-state index in [2.05, 4.69) is 9.88 Å². The second-order valence-electron chi connectivity index (χ2n) is 4.31. The van der Waals surface area contributed by atoms with Gasteiger partial charge in [0.15, 0.2) is 5.69 Å². The van der Waals surface area contributed by atoms with Gasteiger partial charge in [0.05, 0.1) is 0 Å². The van der Waals surface area contributed by atoms with E-state index in [0.717, 1.165) is 12.5 Å². The molecule has 0 aromatic carbocycles. The molecule has 15 heavy (non-hydrogen) atoms. The first-order valence-corrected chi connectivity index (χ1v) is 5.19. The van der Waals surface area contributed by atoms with Crippen LogP contribution >= 0.6 is 0 Å². The third-order valence-corrected chi connectivity index (χ3v) is 3.37. The number of anilines is 1. The highest BCUT2D eigenvalue weighted by atomic mass is 16.4. The summed E-state index contributed by atoms with van der Waals surface area (Å²) in [5, 5.41) is 8.73. The van der Waals surface area contributed by atoms with Gasteiger partial charge in [-0.05, 0) is 25.2 Å². The van der Waals surface area contributed by atoms with Crippen molar-refractivity contribution in [3.63, 3.8) is 0 Å². The lowest BCUT2D eigenvalue weighted by molar-refractivity contribution is 0.0690. The zero-order valence-electron chi connectivity index (χ0n) is 8.22. The number of fused-ring (bicyclic) bond motifs is 2.